The standard InChI is InChI=1S/C11H20N2O.ClH/c12-8-9-4-3-5-10(9)11(14)13-6-1-2-7-13;/h9-10H,1-8,12H2;1H/t9-,10-;/m1./s1. The van der Waals surface area contributed by atoms with Gasteiger partial charge < -0.3 is 10.6 Å². The highest BCUT2D eigenvalue weighted by Gasteiger charge is 2.35. The van der Waals surface area contributed by atoms with Crippen LogP contribution in [0.3, 0.4) is 0 Å². The first kappa shape index (κ1) is 12.8. The quantitative estimate of drug-likeness (QED) is 0.783. The summed E-state index contributed by atoms with van der Waals surface area (Å²) in [5.41, 5.74) is 5.69. The van der Waals surface area contributed by atoms with E-state index in [4.69, 9.17) is 5.73 Å². The zero-order chi connectivity index (χ0) is 9.97. The number of likely N-dealkylation sites (tertiary alicyclic amines) is 1. The van der Waals surface area contributed by atoms with Crippen LogP contribution in [0.2, 0.25) is 0 Å². The highest BCUT2D eigenvalue weighted by molar-refractivity contribution is 5.85. The van der Waals surface area contributed by atoms with Gasteiger partial charge in [-0.15, -0.1) is 12.4 Å². The fourth-order valence-electron chi connectivity index (χ4n) is 2.82. The molecule has 1 saturated carbocycles. The van der Waals surface area contributed by atoms with Crippen molar-refractivity contribution in [1.82, 2.24) is 4.90 Å². The van der Waals surface area contributed by atoms with Crippen molar-refractivity contribution in [2.24, 2.45) is 17.6 Å². The molecule has 1 aliphatic carbocycles. The Balaban J connectivity index is 0.00000112. The Morgan fingerprint density at radius 1 is 1.20 bits per heavy atom. The normalized spacial score (nSPS) is 30.3. The minimum absolute atomic E-state index is 0. The number of carbonyl (C=O) groups excluding carboxylic acids is 1. The summed E-state index contributed by atoms with van der Waals surface area (Å²) in [5, 5.41) is 0. The number of amides is 1. The largest absolute Gasteiger partial charge is 0.342 e. The number of carbonyl (C=O) groups is 1. The molecule has 0 bridgehead atoms. The van der Waals surface area contributed by atoms with E-state index < -0.39 is 0 Å². The van der Waals surface area contributed by atoms with Crippen LogP contribution in [-0.2, 0) is 4.79 Å². The fourth-order valence-corrected chi connectivity index (χ4v) is 2.82. The van der Waals surface area contributed by atoms with Crippen LogP contribution in [0.5, 0.6) is 0 Å². The highest BCUT2D eigenvalue weighted by atomic mass is 35.5. The summed E-state index contributed by atoms with van der Waals surface area (Å²) in [5.74, 6) is 1.09. The number of hydrogen-bond acceptors (Lipinski definition) is 2. The van der Waals surface area contributed by atoms with E-state index >= 15 is 0 Å². The molecule has 0 unspecified atom stereocenters. The third kappa shape index (κ3) is 2.64. The molecule has 1 aliphatic heterocycles. The summed E-state index contributed by atoms with van der Waals surface area (Å²) >= 11 is 0. The lowest BCUT2D eigenvalue weighted by Crippen LogP contribution is -2.37. The van der Waals surface area contributed by atoms with E-state index in [9.17, 15) is 4.79 Å². The number of halogens is 1. The summed E-state index contributed by atoms with van der Waals surface area (Å²) in [6, 6.07) is 0. The molecule has 1 saturated heterocycles. The first-order valence-corrected chi connectivity index (χ1v) is 5.82. The van der Waals surface area contributed by atoms with E-state index in [1.807, 2.05) is 4.90 Å². The molecule has 0 spiro atoms. The molecule has 2 rings (SSSR count). The first-order chi connectivity index (χ1) is 6.83. The molecular weight excluding hydrogens is 212 g/mol. The average Bonchev–Trinajstić information content (AvgIpc) is 2.87. The maximum absolute atomic E-state index is 12.1. The van der Waals surface area contributed by atoms with Gasteiger partial charge in [-0.3, -0.25) is 4.79 Å². The average molecular weight is 233 g/mol. The maximum Gasteiger partial charge on any atom is 0.226 e. The molecule has 0 aromatic rings. The number of nitrogens with zero attached hydrogens (tertiary/aromatic N) is 1. The molecule has 15 heavy (non-hydrogen) atoms. The van der Waals surface area contributed by atoms with Crippen LogP contribution in [0, 0.1) is 11.8 Å². The fraction of sp³-hybridized carbons (Fsp3) is 0.909. The van der Waals surface area contributed by atoms with Gasteiger partial charge in [0, 0.05) is 19.0 Å². The van der Waals surface area contributed by atoms with Gasteiger partial charge in [0.15, 0.2) is 0 Å². The first-order valence-electron chi connectivity index (χ1n) is 5.82. The van der Waals surface area contributed by atoms with Crippen molar-refractivity contribution in [3.05, 3.63) is 0 Å². The molecule has 2 fully saturated rings. The molecular formula is C11H21ClN2O. The van der Waals surface area contributed by atoms with Crippen LogP contribution in [0.25, 0.3) is 0 Å². The van der Waals surface area contributed by atoms with E-state index in [1.165, 1.54) is 19.3 Å². The predicted molar refractivity (Wildman–Crippen MR) is 62.9 cm³/mol. The molecule has 1 amide bonds. The Morgan fingerprint density at radius 2 is 1.87 bits per heavy atom. The Hall–Kier alpha value is -0.280. The molecule has 2 N–H and O–H groups in total. The van der Waals surface area contributed by atoms with Gasteiger partial charge in [0.2, 0.25) is 5.91 Å². The third-order valence-electron chi connectivity index (χ3n) is 3.70. The molecule has 0 aromatic heterocycles. The van der Waals surface area contributed by atoms with Crippen molar-refractivity contribution in [3.63, 3.8) is 0 Å². The lowest BCUT2D eigenvalue weighted by Gasteiger charge is -2.23. The second-order valence-corrected chi connectivity index (χ2v) is 4.57. The second kappa shape index (κ2) is 5.71. The predicted octanol–water partition coefficient (Wildman–Crippen LogP) is 1.41. The van der Waals surface area contributed by atoms with Crippen molar-refractivity contribution in [2.45, 2.75) is 32.1 Å². The van der Waals surface area contributed by atoms with Gasteiger partial charge in [-0.2, -0.15) is 0 Å². The Bertz CT molecular complexity index is 217. The van der Waals surface area contributed by atoms with E-state index in [0.717, 1.165) is 25.9 Å². The monoisotopic (exact) mass is 232 g/mol. The molecule has 3 nitrogen and oxygen atoms in total. The van der Waals surface area contributed by atoms with Crippen LogP contribution in [0.15, 0.2) is 0 Å². The zero-order valence-electron chi connectivity index (χ0n) is 9.15. The SMILES string of the molecule is Cl.NC[C@H]1CCC[C@H]1C(=O)N1CCCC1. The molecule has 0 aromatic carbocycles. The molecule has 0 radical (unpaired) electrons. The van der Waals surface area contributed by atoms with Gasteiger partial charge >= 0.3 is 0 Å². The van der Waals surface area contributed by atoms with Gasteiger partial charge in [0.25, 0.3) is 0 Å². The van der Waals surface area contributed by atoms with E-state index in [0.29, 0.717) is 18.4 Å². The van der Waals surface area contributed by atoms with Crippen LogP contribution in [0.1, 0.15) is 32.1 Å². The third-order valence-corrected chi connectivity index (χ3v) is 3.70. The summed E-state index contributed by atoms with van der Waals surface area (Å²) < 4.78 is 0. The van der Waals surface area contributed by atoms with E-state index in [-0.39, 0.29) is 18.3 Å². The van der Waals surface area contributed by atoms with Gasteiger partial charge in [0.05, 0.1) is 0 Å². The Kier molecular flexibility index (Phi) is 4.87. The van der Waals surface area contributed by atoms with Gasteiger partial charge in [-0.05, 0) is 38.1 Å². The lowest BCUT2D eigenvalue weighted by atomic mass is 9.95. The summed E-state index contributed by atoms with van der Waals surface area (Å²) in [6.45, 7) is 2.64. The zero-order valence-corrected chi connectivity index (χ0v) is 9.97. The second-order valence-electron chi connectivity index (χ2n) is 4.57. The van der Waals surface area contributed by atoms with Crippen molar-refractivity contribution >= 4 is 18.3 Å². The molecule has 2 atom stereocenters. The molecule has 88 valence electrons. The van der Waals surface area contributed by atoms with Crippen molar-refractivity contribution in [3.8, 4) is 0 Å². The molecule has 1 heterocycles. The van der Waals surface area contributed by atoms with Crippen molar-refractivity contribution in [1.29, 1.82) is 0 Å². The minimum atomic E-state index is 0. The molecule has 2 aliphatic rings. The van der Waals surface area contributed by atoms with Crippen molar-refractivity contribution < 1.29 is 4.79 Å². The topological polar surface area (TPSA) is 46.3 Å². The number of nitrogens with two attached hydrogens (primary N) is 1. The minimum Gasteiger partial charge on any atom is -0.342 e. The number of rotatable bonds is 2. The van der Waals surface area contributed by atoms with Crippen molar-refractivity contribution in [2.75, 3.05) is 19.6 Å². The maximum atomic E-state index is 12.1. The van der Waals surface area contributed by atoms with Crippen LogP contribution >= 0.6 is 12.4 Å². The van der Waals surface area contributed by atoms with Crippen LogP contribution in [0.4, 0.5) is 0 Å². The molecule has 4 heteroatoms. The summed E-state index contributed by atoms with van der Waals surface area (Å²) in [4.78, 5) is 14.1. The van der Waals surface area contributed by atoms with Gasteiger partial charge in [-0.25, -0.2) is 0 Å². The lowest BCUT2D eigenvalue weighted by molar-refractivity contribution is -0.135. The highest BCUT2D eigenvalue weighted by Crippen LogP contribution is 2.33. The van der Waals surface area contributed by atoms with Crippen LogP contribution < -0.4 is 5.73 Å². The van der Waals surface area contributed by atoms with E-state index in [1.54, 1.807) is 0 Å². The van der Waals surface area contributed by atoms with Gasteiger partial charge in [-0.1, -0.05) is 6.42 Å². The Morgan fingerprint density at radius 3 is 2.47 bits per heavy atom. The smallest absolute Gasteiger partial charge is 0.226 e. The van der Waals surface area contributed by atoms with E-state index in [2.05, 4.69) is 0 Å². The Labute approximate surface area is 97.8 Å². The summed E-state index contributed by atoms with van der Waals surface area (Å²) in [7, 11) is 0. The van der Waals surface area contributed by atoms with Gasteiger partial charge in [0.1, 0.15) is 0 Å². The summed E-state index contributed by atoms with van der Waals surface area (Å²) in [6.07, 6.45) is 5.78. The van der Waals surface area contributed by atoms with Crippen LogP contribution in [-0.4, -0.2) is 30.4 Å². The number of hydrogen-bond donors (Lipinski definition) is 1.